The summed E-state index contributed by atoms with van der Waals surface area (Å²) < 4.78 is 8.71. The first-order valence-corrected chi connectivity index (χ1v) is 11.6. The largest absolute Gasteiger partial charge is 0.444 e. The van der Waals surface area contributed by atoms with Gasteiger partial charge < -0.3 is 21.1 Å². The number of fused-ring (bicyclic) bond motifs is 1. The fraction of sp³-hybridized carbons (Fsp3) is 0.591. The third-order valence-corrected chi connectivity index (χ3v) is 5.00. The average Bonchev–Trinajstić information content (AvgIpc) is 3.36. The van der Waals surface area contributed by atoms with Crippen LogP contribution in [0.25, 0.3) is 17.1 Å². The molecular weight excluding hydrogens is 452 g/mol. The predicted octanol–water partition coefficient (Wildman–Crippen LogP) is 1.61. The Morgan fingerprint density at radius 2 is 1.97 bits per heavy atom. The molecular formula is C22H34N10O3. The molecule has 0 aromatic carbocycles. The number of carbonyl (C=O) groups is 2. The second-order valence-electron chi connectivity index (χ2n) is 9.61. The lowest BCUT2D eigenvalue weighted by atomic mass is 10.0. The minimum atomic E-state index is -0.698. The first kappa shape index (κ1) is 25.8. The number of aryl methyl sites for hydroxylation is 1. The number of anilines is 1. The van der Waals surface area contributed by atoms with Crippen molar-refractivity contribution in [1.82, 2.24) is 45.1 Å². The molecule has 3 rings (SSSR count). The number of ether oxygens (including phenoxy) is 1. The van der Waals surface area contributed by atoms with E-state index >= 15 is 0 Å². The van der Waals surface area contributed by atoms with Crippen molar-refractivity contribution in [3.05, 3.63) is 18.2 Å². The summed E-state index contributed by atoms with van der Waals surface area (Å²) in [4.78, 5) is 37.7. The van der Waals surface area contributed by atoms with Crippen LogP contribution in [0.5, 0.6) is 0 Å². The fourth-order valence-corrected chi connectivity index (χ4v) is 3.51. The second kappa shape index (κ2) is 10.7. The SMILES string of the molecule is CCn1c(-n2cc(CCNC(=O)[C@H](CC(C)C)NC(=O)OC(C)(C)C)nn2)nc2c(N)ncnc21. The number of nitrogens with one attached hydrogen (secondary N) is 2. The number of hydrogen-bond donors (Lipinski definition) is 3. The lowest BCUT2D eigenvalue weighted by molar-refractivity contribution is -0.123. The van der Waals surface area contributed by atoms with Gasteiger partial charge in [0.2, 0.25) is 11.9 Å². The highest BCUT2D eigenvalue weighted by Crippen LogP contribution is 2.20. The van der Waals surface area contributed by atoms with Crippen molar-refractivity contribution in [3.8, 4) is 5.95 Å². The summed E-state index contributed by atoms with van der Waals surface area (Å²) in [5.74, 6) is 0.745. The summed E-state index contributed by atoms with van der Waals surface area (Å²) in [7, 11) is 0. The topological polar surface area (TPSA) is 168 Å². The number of nitrogens with zero attached hydrogens (tertiary/aromatic N) is 7. The van der Waals surface area contributed by atoms with Crippen molar-refractivity contribution in [2.24, 2.45) is 5.92 Å². The van der Waals surface area contributed by atoms with E-state index in [4.69, 9.17) is 10.5 Å². The number of nitrogens with two attached hydrogens (primary N) is 1. The smallest absolute Gasteiger partial charge is 0.408 e. The molecule has 3 heterocycles. The standard InChI is InChI=1S/C22H34N10O3/c1-7-31-18-16(17(23)25-12-26-18)28-20(31)32-11-14(29-30-32)8-9-24-19(33)15(10-13(2)3)27-21(34)35-22(4,5)6/h11-13,15H,7-10H2,1-6H3,(H,24,33)(H,27,34)(H2,23,25,26)/t15-/m0/s1. The van der Waals surface area contributed by atoms with Gasteiger partial charge in [-0.25, -0.2) is 19.7 Å². The molecule has 3 aromatic rings. The molecule has 0 fully saturated rings. The highest BCUT2D eigenvalue weighted by molar-refractivity contribution is 5.85. The fourth-order valence-electron chi connectivity index (χ4n) is 3.51. The van der Waals surface area contributed by atoms with Gasteiger partial charge in [0.1, 0.15) is 18.0 Å². The zero-order valence-electron chi connectivity index (χ0n) is 21.1. The van der Waals surface area contributed by atoms with Crippen LogP contribution < -0.4 is 16.4 Å². The molecule has 13 heteroatoms. The van der Waals surface area contributed by atoms with E-state index in [0.29, 0.717) is 54.6 Å². The molecule has 1 atom stereocenters. The van der Waals surface area contributed by atoms with E-state index in [2.05, 4.69) is 35.9 Å². The Morgan fingerprint density at radius 3 is 2.63 bits per heavy atom. The molecule has 0 radical (unpaired) electrons. The van der Waals surface area contributed by atoms with Crippen LogP contribution in [0, 0.1) is 5.92 Å². The lowest BCUT2D eigenvalue weighted by Gasteiger charge is -2.24. The van der Waals surface area contributed by atoms with E-state index in [1.54, 1.807) is 31.6 Å². The Morgan fingerprint density at radius 1 is 1.23 bits per heavy atom. The third-order valence-electron chi connectivity index (χ3n) is 5.00. The molecule has 35 heavy (non-hydrogen) atoms. The molecule has 13 nitrogen and oxygen atoms in total. The zero-order valence-corrected chi connectivity index (χ0v) is 21.1. The van der Waals surface area contributed by atoms with Gasteiger partial charge in [-0.2, -0.15) is 4.68 Å². The molecule has 0 aliphatic heterocycles. The Kier molecular flexibility index (Phi) is 7.87. The molecule has 190 valence electrons. The maximum atomic E-state index is 12.8. The molecule has 0 saturated heterocycles. The van der Waals surface area contributed by atoms with Crippen LogP contribution in [-0.4, -0.2) is 64.7 Å². The van der Waals surface area contributed by atoms with Gasteiger partial charge in [-0.1, -0.05) is 19.1 Å². The third kappa shape index (κ3) is 6.64. The molecule has 2 amide bonds. The van der Waals surface area contributed by atoms with Crippen LogP contribution >= 0.6 is 0 Å². The number of hydrogen-bond acceptors (Lipinski definition) is 9. The van der Waals surface area contributed by atoms with Crippen molar-refractivity contribution >= 4 is 29.0 Å². The van der Waals surface area contributed by atoms with Crippen LogP contribution in [0.2, 0.25) is 0 Å². The van der Waals surface area contributed by atoms with Gasteiger partial charge >= 0.3 is 6.09 Å². The van der Waals surface area contributed by atoms with Crippen LogP contribution in [0.15, 0.2) is 12.5 Å². The zero-order chi connectivity index (χ0) is 25.8. The monoisotopic (exact) mass is 486 g/mol. The Balaban J connectivity index is 1.63. The normalized spacial score (nSPS) is 12.7. The van der Waals surface area contributed by atoms with Crippen molar-refractivity contribution < 1.29 is 14.3 Å². The summed E-state index contributed by atoms with van der Waals surface area (Å²) in [6.45, 7) is 12.2. The highest BCUT2D eigenvalue weighted by Gasteiger charge is 2.25. The predicted molar refractivity (Wildman–Crippen MR) is 130 cm³/mol. The van der Waals surface area contributed by atoms with E-state index in [-0.39, 0.29) is 11.8 Å². The van der Waals surface area contributed by atoms with E-state index in [1.165, 1.54) is 6.33 Å². The average molecular weight is 487 g/mol. The van der Waals surface area contributed by atoms with E-state index in [0.717, 1.165) is 0 Å². The Bertz CT molecular complexity index is 1180. The van der Waals surface area contributed by atoms with Gasteiger partial charge in [-0.3, -0.25) is 9.36 Å². The Hall–Kier alpha value is -3.77. The van der Waals surface area contributed by atoms with Crippen molar-refractivity contribution in [3.63, 3.8) is 0 Å². The maximum Gasteiger partial charge on any atom is 0.408 e. The summed E-state index contributed by atoms with van der Waals surface area (Å²) in [6, 6.07) is -0.698. The molecule has 4 N–H and O–H groups in total. The van der Waals surface area contributed by atoms with E-state index in [9.17, 15) is 9.59 Å². The van der Waals surface area contributed by atoms with Crippen LogP contribution in [0.3, 0.4) is 0 Å². The van der Waals surface area contributed by atoms with Gasteiger partial charge in [0.25, 0.3) is 0 Å². The lowest BCUT2D eigenvalue weighted by Crippen LogP contribution is -2.49. The van der Waals surface area contributed by atoms with Gasteiger partial charge in [-0.15, -0.1) is 5.10 Å². The van der Waals surface area contributed by atoms with Crippen molar-refractivity contribution in [1.29, 1.82) is 0 Å². The maximum absolute atomic E-state index is 12.8. The van der Waals surface area contributed by atoms with Crippen molar-refractivity contribution in [2.45, 2.75) is 72.6 Å². The van der Waals surface area contributed by atoms with Gasteiger partial charge in [0.15, 0.2) is 17.0 Å². The molecule has 0 spiro atoms. The Labute approximate surface area is 203 Å². The summed E-state index contributed by atoms with van der Waals surface area (Å²) in [6.07, 6.45) is 3.45. The number of carbonyl (C=O) groups excluding carboxylic acids is 2. The molecule has 0 aliphatic rings. The number of amides is 2. The minimum absolute atomic E-state index is 0.206. The van der Waals surface area contributed by atoms with Crippen LogP contribution in [0.4, 0.5) is 10.6 Å². The second-order valence-corrected chi connectivity index (χ2v) is 9.61. The number of aromatic nitrogens is 7. The van der Waals surface area contributed by atoms with Crippen molar-refractivity contribution in [2.75, 3.05) is 12.3 Å². The summed E-state index contributed by atoms with van der Waals surface area (Å²) >= 11 is 0. The van der Waals surface area contributed by atoms with E-state index < -0.39 is 17.7 Å². The minimum Gasteiger partial charge on any atom is -0.444 e. The van der Waals surface area contributed by atoms with Crippen LogP contribution in [0.1, 0.15) is 53.7 Å². The highest BCUT2D eigenvalue weighted by atomic mass is 16.6. The van der Waals surface area contributed by atoms with E-state index in [1.807, 2.05) is 25.3 Å². The summed E-state index contributed by atoms with van der Waals surface area (Å²) in [5.41, 5.74) is 7.08. The quantitative estimate of drug-likeness (QED) is 0.407. The molecule has 3 aromatic heterocycles. The summed E-state index contributed by atoms with van der Waals surface area (Å²) in [5, 5.41) is 13.9. The number of rotatable bonds is 9. The molecule has 0 unspecified atom stereocenters. The molecule has 0 aliphatic carbocycles. The van der Waals surface area contributed by atoms with Gasteiger partial charge in [-0.05, 0) is 40.0 Å². The first-order valence-electron chi connectivity index (χ1n) is 11.6. The molecule has 0 bridgehead atoms. The first-order chi connectivity index (χ1) is 16.5. The number of alkyl carbamates (subject to hydrolysis) is 1. The number of nitrogen functional groups attached to an aromatic ring is 1. The number of imidazole rings is 1. The van der Waals surface area contributed by atoms with Gasteiger partial charge in [0, 0.05) is 19.5 Å². The van der Waals surface area contributed by atoms with Gasteiger partial charge in [0.05, 0.1) is 11.9 Å². The molecule has 0 saturated carbocycles. The van der Waals surface area contributed by atoms with Crippen LogP contribution in [-0.2, 0) is 22.5 Å².